The van der Waals surface area contributed by atoms with E-state index in [1.807, 2.05) is 30.3 Å². The standard InChI is InChI=1S/C20H35N3O5Si2/c1-24-20-19(28-30(5,6)7)18(27-29(2,3)4)17(16(26-20)13-22-23-21)25-14-15-11-9-8-10-12-15/h8-12,16-20H,13-14H2,1-7H3/t16-,17-,18+,19-,20+/m1/s1. The average molecular weight is 454 g/mol. The molecule has 0 spiro atoms. The third-order valence-corrected chi connectivity index (χ3v) is 6.37. The van der Waals surface area contributed by atoms with Gasteiger partial charge in [0.15, 0.2) is 22.9 Å². The molecule has 0 N–H and O–H groups in total. The van der Waals surface area contributed by atoms with Crippen LogP contribution in [0.3, 0.4) is 0 Å². The Balaban J connectivity index is 2.38. The molecule has 0 radical (unpaired) electrons. The highest BCUT2D eigenvalue weighted by Gasteiger charge is 2.50. The third kappa shape index (κ3) is 7.79. The average Bonchev–Trinajstić information content (AvgIpc) is 2.65. The minimum atomic E-state index is -1.97. The van der Waals surface area contributed by atoms with Gasteiger partial charge >= 0.3 is 0 Å². The number of methoxy groups -OCH3 is 1. The molecule has 1 aliphatic rings. The number of hydrogen-bond acceptors (Lipinski definition) is 6. The summed E-state index contributed by atoms with van der Waals surface area (Å²) >= 11 is 0. The fraction of sp³-hybridized carbons (Fsp3) is 0.700. The summed E-state index contributed by atoms with van der Waals surface area (Å²) in [6, 6.07) is 9.93. The van der Waals surface area contributed by atoms with Crippen LogP contribution < -0.4 is 0 Å². The van der Waals surface area contributed by atoms with Gasteiger partial charge in [0.2, 0.25) is 0 Å². The molecule has 1 aliphatic heterocycles. The lowest BCUT2D eigenvalue weighted by Gasteiger charge is -2.48. The van der Waals surface area contributed by atoms with E-state index in [0.29, 0.717) is 6.61 Å². The molecule has 1 aromatic carbocycles. The Morgan fingerprint density at radius 1 is 0.967 bits per heavy atom. The van der Waals surface area contributed by atoms with Crippen molar-refractivity contribution >= 4 is 16.6 Å². The Morgan fingerprint density at radius 2 is 1.57 bits per heavy atom. The molecule has 0 saturated carbocycles. The molecule has 1 saturated heterocycles. The number of rotatable bonds is 10. The smallest absolute Gasteiger partial charge is 0.185 e. The van der Waals surface area contributed by atoms with E-state index in [-0.39, 0.29) is 6.54 Å². The van der Waals surface area contributed by atoms with Gasteiger partial charge in [0, 0.05) is 12.0 Å². The number of nitrogens with zero attached hydrogens (tertiary/aromatic N) is 3. The van der Waals surface area contributed by atoms with Crippen molar-refractivity contribution in [3.63, 3.8) is 0 Å². The van der Waals surface area contributed by atoms with Gasteiger partial charge in [0.25, 0.3) is 0 Å². The van der Waals surface area contributed by atoms with E-state index in [4.69, 9.17) is 28.6 Å². The molecule has 10 heteroatoms. The van der Waals surface area contributed by atoms with Gasteiger partial charge in [-0.05, 0) is 50.4 Å². The van der Waals surface area contributed by atoms with Crippen LogP contribution in [-0.2, 0) is 29.7 Å². The lowest BCUT2D eigenvalue weighted by atomic mass is 9.98. The second-order valence-corrected chi connectivity index (χ2v) is 18.3. The Kier molecular flexibility index (Phi) is 9.07. The van der Waals surface area contributed by atoms with Crippen LogP contribution in [0.5, 0.6) is 0 Å². The van der Waals surface area contributed by atoms with Gasteiger partial charge in [-0.15, -0.1) is 0 Å². The number of hydrogen-bond donors (Lipinski definition) is 0. The van der Waals surface area contributed by atoms with E-state index in [0.717, 1.165) is 5.56 Å². The number of benzene rings is 1. The number of azide groups is 1. The lowest BCUT2D eigenvalue weighted by molar-refractivity contribution is -0.288. The largest absolute Gasteiger partial charge is 0.409 e. The first-order valence-corrected chi connectivity index (χ1v) is 17.1. The highest BCUT2D eigenvalue weighted by atomic mass is 28.4. The van der Waals surface area contributed by atoms with Crippen molar-refractivity contribution in [2.45, 2.75) is 76.6 Å². The first-order chi connectivity index (χ1) is 14.0. The maximum absolute atomic E-state index is 8.86. The second-order valence-electron chi connectivity index (χ2n) is 9.34. The summed E-state index contributed by atoms with van der Waals surface area (Å²) in [5, 5.41) is 3.74. The third-order valence-electron chi connectivity index (χ3n) is 4.41. The fourth-order valence-electron chi connectivity index (χ4n) is 3.38. The summed E-state index contributed by atoms with van der Waals surface area (Å²) in [6.45, 7) is 13.3. The van der Waals surface area contributed by atoms with Crippen molar-refractivity contribution in [2.75, 3.05) is 13.7 Å². The molecule has 1 aromatic rings. The summed E-state index contributed by atoms with van der Waals surface area (Å²) in [7, 11) is -2.33. The van der Waals surface area contributed by atoms with Crippen molar-refractivity contribution in [3.8, 4) is 0 Å². The van der Waals surface area contributed by atoms with Gasteiger partial charge in [0.05, 0.1) is 19.3 Å². The van der Waals surface area contributed by atoms with Gasteiger partial charge in [-0.25, -0.2) is 0 Å². The molecule has 30 heavy (non-hydrogen) atoms. The highest BCUT2D eigenvalue weighted by Crippen LogP contribution is 2.33. The van der Waals surface area contributed by atoms with E-state index < -0.39 is 47.3 Å². The Labute approximate surface area is 181 Å². The van der Waals surface area contributed by atoms with Crippen LogP contribution in [0.25, 0.3) is 10.4 Å². The Morgan fingerprint density at radius 3 is 2.10 bits per heavy atom. The highest BCUT2D eigenvalue weighted by molar-refractivity contribution is 6.70. The normalized spacial score (nSPS) is 27.5. The molecule has 5 atom stereocenters. The van der Waals surface area contributed by atoms with Gasteiger partial charge in [-0.1, -0.05) is 35.4 Å². The first-order valence-electron chi connectivity index (χ1n) is 10.2. The van der Waals surface area contributed by atoms with Crippen molar-refractivity contribution in [3.05, 3.63) is 46.3 Å². The van der Waals surface area contributed by atoms with E-state index in [1.165, 1.54) is 0 Å². The number of ether oxygens (including phenoxy) is 3. The zero-order valence-electron chi connectivity index (χ0n) is 19.1. The topological polar surface area (TPSA) is 94.9 Å². The molecule has 0 amide bonds. The molecule has 1 fully saturated rings. The van der Waals surface area contributed by atoms with Crippen LogP contribution in [0.2, 0.25) is 39.3 Å². The lowest BCUT2D eigenvalue weighted by Crippen LogP contribution is -2.64. The van der Waals surface area contributed by atoms with Crippen LogP contribution in [0.4, 0.5) is 0 Å². The molecule has 0 bridgehead atoms. The van der Waals surface area contributed by atoms with E-state index in [1.54, 1.807) is 7.11 Å². The van der Waals surface area contributed by atoms with Crippen molar-refractivity contribution in [1.29, 1.82) is 0 Å². The van der Waals surface area contributed by atoms with Crippen LogP contribution in [0, 0.1) is 0 Å². The molecule has 0 aromatic heterocycles. The SMILES string of the molecule is CO[C@H]1O[C@H](CN=[N+]=[N-])[C@@H](OCc2ccccc2)[C@H](O[Si](C)(C)C)[C@H]1O[Si](C)(C)C. The van der Waals surface area contributed by atoms with Crippen LogP contribution in [0.1, 0.15) is 5.56 Å². The van der Waals surface area contributed by atoms with E-state index in [9.17, 15) is 0 Å². The minimum Gasteiger partial charge on any atom is -0.409 e. The van der Waals surface area contributed by atoms with E-state index >= 15 is 0 Å². The fourth-order valence-corrected chi connectivity index (χ4v) is 5.52. The quantitative estimate of drug-likeness (QED) is 0.222. The van der Waals surface area contributed by atoms with Gasteiger partial charge in [-0.3, -0.25) is 0 Å². The van der Waals surface area contributed by atoms with Gasteiger partial charge in [-0.2, -0.15) is 0 Å². The minimum absolute atomic E-state index is 0.126. The summed E-state index contributed by atoms with van der Waals surface area (Å²) < 4.78 is 31.2. The van der Waals surface area contributed by atoms with Gasteiger partial charge < -0.3 is 23.1 Å². The maximum Gasteiger partial charge on any atom is 0.185 e. The monoisotopic (exact) mass is 453 g/mol. The molecule has 2 rings (SSSR count). The van der Waals surface area contributed by atoms with Crippen LogP contribution >= 0.6 is 0 Å². The maximum atomic E-state index is 8.86. The molecule has 0 aliphatic carbocycles. The van der Waals surface area contributed by atoms with Crippen molar-refractivity contribution in [1.82, 2.24) is 0 Å². The van der Waals surface area contributed by atoms with Gasteiger partial charge in [0.1, 0.15) is 18.3 Å². The molecule has 168 valence electrons. The Bertz CT molecular complexity index is 705. The summed E-state index contributed by atoms with van der Waals surface area (Å²) in [6.07, 6.45) is -2.43. The van der Waals surface area contributed by atoms with Crippen LogP contribution in [0.15, 0.2) is 35.4 Å². The molecule has 1 heterocycles. The molecule has 8 nitrogen and oxygen atoms in total. The zero-order chi connectivity index (χ0) is 22.4. The summed E-state index contributed by atoms with van der Waals surface area (Å²) in [5.41, 5.74) is 9.90. The Hall–Kier alpha value is -1.24. The molecule has 0 unspecified atom stereocenters. The molecular formula is C20H35N3O5Si2. The van der Waals surface area contributed by atoms with Crippen LogP contribution in [-0.4, -0.2) is 61.0 Å². The second kappa shape index (κ2) is 10.9. The van der Waals surface area contributed by atoms with E-state index in [2.05, 4.69) is 49.3 Å². The van der Waals surface area contributed by atoms with Crippen molar-refractivity contribution in [2.24, 2.45) is 5.11 Å². The summed E-state index contributed by atoms with van der Waals surface area (Å²) in [4.78, 5) is 2.90. The zero-order valence-corrected chi connectivity index (χ0v) is 21.1. The molecular weight excluding hydrogens is 418 g/mol. The van der Waals surface area contributed by atoms with Crippen molar-refractivity contribution < 1.29 is 23.1 Å². The first kappa shape index (κ1) is 25.0. The predicted octanol–water partition coefficient (Wildman–Crippen LogP) is 4.69. The summed E-state index contributed by atoms with van der Waals surface area (Å²) in [5.74, 6) is 0. The predicted molar refractivity (Wildman–Crippen MR) is 121 cm³/mol.